The number of benzene rings is 1. The van der Waals surface area contributed by atoms with Crippen LogP contribution in [0.3, 0.4) is 0 Å². The summed E-state index contributed by atoms with van der Waals surface area (Å²) < 4.78 is 5.44. The van der Waals surface area contributed by atoms with Gasteiger partial charge in [0.1, 0.15) is 5.75 Å². The van der Waals surface area contributed by atoms with Crippen LogP contribution in [0.4, 0.5) is 5.69 Å². The van der Waals surface area contributed by atoms with Gasteiger partial charge in [0.05, 0.1) is 26.4 Å². The third-order valence-corrected chi connectivity index (χ3v) is 3.71. The highest BCUT2D eigenvalue weighted by Crippen LogP contribution is 2.28. The fourth-order valence-corrected chi connectivity index (χ4v) is 2.62. The molecule has 1 saturated heterocycles. The average molecular weight is 288 g/mol. The topological polar surface area (TPSA) is 59.3 Å². The number of ether oxygens (including phenoxy) is 1. The Morgan fingerprint density at radius 3 is 2.57 bits per heavy atom. The van der Waals surface area contributed by atoms with Crippen LogP contribution in [0, 0.1) is 0 Å². The normalized spacial score (nSPS) is 16.2. The Labute approximate surface area is 124 Å². The minimum atomic E-state index is 0.758. The van der Waals surface area contributed by atoms with Crippen LogP contribution in [-0.2, 0) is 13.6 Å². The van der Waals surface area contributed by atoms with Crippen molar-refractivity contribution in [1.29, 1.82) is 0 Å². The molecule has 112 valence electrons. The first-order valence-corrected chi connectivity index (χ1v) is 7.09. The summed E-state index contributed by atoms with van der Waals surface area (Å²) in [6.07, 6.45) is 0. The molecule has 0 unspecified atom stereocenters. The van der Waals surface area contributed by atoms with E-state index in [1.54, 1.807) is 14.2 Å². The van der Waals surface area contributed by atoms with Gasteiger partial charge in [0, 0.05) is 26.2 Å². The van der Waals surface area contributed by atoms with Crippen molar-refractivity contribution in [2.24, 2.45) is 7.05 Å². The Balaban J connectivity index is 1.60. The van der Waals surface area contributed by atoms with E-state index in [1.165, 1.54) is 4.80 Å². The molecule has 21 heavy (non-hydrogen) atoms. The van der Waals surface area contributed by atoms with Crippen molar-refractivity contribution >= 4 is 5.69 Å². The maximum absolute atomic E-state index is 5.44. The summed E-state index contributed by atoms with van der Waals surface area (Å²) in [7, 11) is 3.50. The summed E-state index contributed by atoms with van der Waals surface area (Å²) in [4.78, 5) is 6.21. The number of aryl methyl sites for hydroxylation is 1. The first kappa shape index (κ1) is 13.8. The average Bonchev–Trinajstić information content (AvgIpc) is 2.93. The molecule has 0 bridgehead atoms. The molecule has 0 amide bonds. The van der Waals surface area contributed by atoms with Crippen molar-refractivity contribution in [3.8, 4) is 5.75 Å². The molecular formula is C14H20N6O. The maximum Gasteiger partial charge on any atom is 0.188 e. The summed E-state index contributed by atoms with van der Waals surface area (Å²) in [5, 5.41) is 12.1. The van der Waals surface area contributed by atoms with Gasteiger partial charge < -0.3 is 9.64 Å². The van der Waals surface area contributed by atoms with Crippen LogP contribution in [0.2, 0.25) is 0 Å². The molecule has 0 atom stereocenters. The Morgan fingerprint density at radius 2 is 1.90 bits per heavy atom. The molecule has 7 nitrogen and oxygen atoms in total. The van der Waals surface area contributed by atoms with Crippen LogP contribution in [0.25, 0.3) is 0 Å². The van der Waals surface area contributed by atoms with Gasteiger partial charge in [0.15, 0.2) is 5.82 Å². The number of rotatable bonds is 4. The lowest BCUT2D eigenvalue weighted by molar-refractivity contribution is 0.243. The first-order valence-electron chi connectivity index (χ1n) is 7.09. The number of piperazine rings is 1. The highest BCUT2D eigenvalue weighted by Gasteiger charge is 2.20. The standard InChI is InChI=1S/C14H20N6O/c1-18-16-14(15-17-18)11-19-7-9-20(10-8-19)12-5-3-4-6-13(12)21-2/h3-6H,7-11H2,1-2H3. The van der Waals surface area contributed by atoms with E-state index in [-0.39, 0.29) is 0 Å². The number of methoxy groups -OCH3 is 1. The van der Waals surface area contributed by atoms with Gasteiger partial charge >= 0.3 is 0 Å². The number of nitrogens with zero attached hydrogens (tertiary/aromatic N) is 6. The molecule has 2 aromatic rings. The fraction of sp³-hybridized carbons (Fsp3) is 0.500. The van der Waals surface area contributed by atoms with Gasteiger partial charge in [-0.15, -0.1) is 10.2 Å². The van der Waals surface area contributed by atoms with Gasteiger partial charge in [-0.25, -0.2) is 0 Å². The second-order valence-electron chi connectivity index (χ2n) is 5.13. The first-order chi connectivity index (χ1) is 10.3. The van der Waals surface area contributed by atoms with Gasteiger partial charge in [-0.05, 0) is 17.3 Å². The highest BCUT2D eigenvalue weighted by molar-refractivity contribution is 5.58. The van der Waals surface area contributed by atoms with Crippen LogP contribution in [0.15, 0.2) is 24.3 Å². The quantitative estimate of drug-likeness (QED) is 0.818. The second-order valence-corrected chi connectivity index (χ2v) is 5.13. The Bertz CT molecular complexity index is 591. The van der Waals surface area contributed by atoms with Crippen LogP contribution >= 0.6 is 0 Å². The fourth-order valence-electron chi connectivity index (χ4n) is 2.62. The van der Waals surface area contributed by atoms with Gasteiger partial charge in [-0.3, -0.25) is 4.90 Å². The maximum atomic E-state index is 5.44. The molecule has 1 fully saturated rings. The number of aromatic nitrogens is 4. The number of anilines is 1. The van der Waals surface area contributed by atoms with Crippen molar-refractivity contribution in [2.75, 3.05) is 38.2 Å². The summed E-state index contributed by atoms with van der Waals surface area (Å²) in [5.41, 5.74) is 1.16. The summed E-state index contributed by atoms with van der Waals surface area (Å²) in [6.45, 7) is 4.67. The van der Waals surface area contributed by atoms with E-state index in [9.17, 15) is 0 Å². The number of hydrogen-bond acceptors (Lipinski definition) is 6. The number of hydrogen-bond donors (Lipinski definition) is 0. The molecule has 0 saturated carbocycles. The third-order valence-electron chi connectivity index (χ3n) is 3.71. The van der Waals surface area contributed by atoms with E-state index >= 15 is 0 Å². The Morgan fingerprint density at radius 1 is 1.14 bits per heavy atom. The van der Waals surface area contributed by atoms with Gasteiger partial charge in [0.25, 0.3) is 0 Å². The zero-order valence-electron chi connectivity index (χ0n) is 12.4. The molecule has 0 N–H and O–H groups in total. The predicted molar refractivity (Wildman–Crippen MR) is 79.3 cm³/mol. The Kier molecular flexibility index (Phi) is 4.01. The zero-order chi connectivity index (χ0) is 14.7. The molecule has 2 heterocycles. The third kappa shape index (κ3) is 3.13. The van der Waals surface area contributed by atoms with Crippen molar-refractivity contribution in [1.82, 2.24) is 25.1 Å². The van der Waals surface area contributed by atoms with Crippen molar-refractivity contribution in [3.63, 3.8) is 0 Å². The van der Waals surface area contributed by atoms with E-state index in [2.05, 4.69) is 31.3 Å². The minimum Gasteiger partial charge on any atom is -0.495 e. The molecule has 0 radical (unpaired) electrons. The number of para-hydroxylation sites is 2. The highest BCUT2D eigenvalue weighted by atomic mass is 16.5. The lowest BCUT2D eigenvalue weighted by Crippen LogP contribution is -2.46. The molecule has 1 aliphatic heterocycles. The largest absolute Gasteiger partial charge is 0.495 e. The second kappa shape index (κ2) is 6.09. The van der Waals surface area contributed by atoms with Crippen LogP contribution < -0.4 is 9.64 Å². The van der Waals surface area contributed by atoms with Gasteiger partial charge in [0.2, 0.25) is 0 Å². The van der Waals surface area contributed by atoms with E-state index in [0.717, 1.165) is 50.0 Å². The monoisotopic (exact) mass is 288 g/mol. The molecule has 0 aliphatic carbocycles. The summed E-state index contributed by atoms with van der Waals surface area (Å²) in [5.74, 6) is 1.71. The van der Waals surface area contributed by atoms with Crippen molar-refractivity contribution in [3.05, 3.63) is 30.1 Å². The van der Waals surface area contributed by atoms with Crippen LogP contribution in [-0.4, -0.2) is 58.4 Å². The molecule has 1 aliphatic rings. The van der Waals surface area contributed by atoms with E-state index in [1.807, 2.05) is 18.2 Å². The molecule has 1 aromatic heterocycles. The lowest BCUT2D eigenvalue weighted by Gasteiger charge is -2.36. The zero-order valence-corrected chi connectivity index (χ0v) is 12.4. The van der Waals surface area contributed by atoms with E-state index in [0.29, 0.717) is 0 Å². The van der Waals surface area contributed by atoms with Gasteiger partial charge in [-0.1, -0.05) is 12.1 Å². The SMILES string of the molecule is COc1ccccc1N1CCN(Cc2nnn(C)n2)CC1. The summed E-state index contributed by atoms with van der Waals surface area (Å²) in [6, 6.07) is 8.16. The summed E-state index contributed by atoms with van der Waals surface area (Å²) >= 11 is 0. The van der Waals surface area contributed by atoms with E-state index in [4.69, 9.17) is 4.74 Å². The molecule has 1 aromatic carbocycles. The van der Waals surface area contributed by atoms with Crippen LogP contribution in [0.1, 0.15) is 5.82 Å². The molecule has 3 rings (SSSR count). The molecule has 0 spiro atoms. The Hall–Kier alpha value is -2.15. The minimum absolute atomic E-state index is 0.758. The predicted octanol–water partition coefficient (Wildman–Crippen LogP) is 0.541. The van der Waals surface area contributed by atoms with Crippen LogP contribution in [0.5, 0.6) is 5.75 Å². The smallest absolute Gasteiger partial charge is 0.188 e. The van der Waals surface area contributed by atoms with Crippen molar-refractivity contribution in [2.45, 2.75) is 6.54 Å². The van der Waals surface area contributed by atoms with E-state index < -0.39 is 0 Å². The lowest BCUT2D eigenvalue weighted by atomic mass is 10.2. The molecular weight excluding hydrogens is 268 g/mol. The van der Waals surface area contributed by atoms with Crippen molar-refractivity contribution < 1.29 is 4.74 Å². The number of tetrazole rings is 1. The molecule has 7 heteroatoms. The van der Waals surface area contributed by atoms with Gasteiger partial charge in [-0.2, -0.15) is 4.80 Å².